The first kappa shape index (κ1) is 17.9. The summed E-state index contributed by atoms with van der Waals surface area (Å²) in [5, 5.41) is 3.24. The number of hydrogen-bond donors (Lipinski definition) is 2. The molecule has 7 heteroatoms. The van der Waals surface area contributed by atoms with Gasteiger partial charge in [0.15, 0.2) is 0 Å². The molecule has 1 aromatic rings. The normalized spacial score (nSPS) is 20.3. The lowest BCUT2D eigenvalue weighted by molar-refractivity contribution is 0.0655. The zero-order chi connectivity index (χ0) is 17.0. The number of nitrogens with one attached hydrogen (secondary N) is 2. The van der Waals surface area contributed by atoms with Gasteiger partial charge in [0.25, 0.3) is 5.91 Å². The van der Waals surface area contributed by atoms with Crippen LogP contribution in [0.4, 0.5) is 0 Å². The van der Waals surface area contributed by atoms with Crippen LogP contribution in [0.3, 0.4) is 0 Å². The van der Waals surface area contributed by atoms with E-state index in [4.69, 9.17) is 0 Å². The van der Waals surface area contributed by atoms with Crippen LogP contribution in [0.2, 0.25) is 0 Å². The van der Waals surface area contributed by atoms with Crippen LogP contribution in [0.5, 0.6) is 0 Å². The Kier molecular flexibility index (Phi) is 5.78. The standard InChI is InChI=1S/C16H25N3O3S/c1-4-12(2)18-23(21,22)15-7-5-14(6-8-15)16(20)19-10-9-17-11-13(19)3/h5-8,12-13,17-18H,4,9-11H2,1-3H3/t12?,13-/m1/s1. The molecule has 1 aromatic carbocycles. The van der Waals surface area contributed by atoms with Crippen molar-refractivity contribution in [2.24, 2.45) is 0 Å². The maximum absolute atomic E-state index is 12.5. The lowest BCUT2D eigenvalue weighted by Crippen LogP contribution is -2.52. The number of carbonyl (C=O) groups excluding carboxylic acids is 1. The van der Waals surface area contributed by atoms with E-state index in [-0.39, 0.29) is 22.9 Å². The Morgan fingerprint density at radius 2 is 2.04 bits per heavy atom. The van der Waals surface area contributed by atoms with Crippen molar-refractivity contribution in [3.05, 3.63) is 29.8 Å². The number of benzene rings is 1. The highest BCUT2D eigenvalue weighted by atomic mass is 32.2. The Morgan fingerprint density at radius 1 is 1.39 bits per heavy atom. The zero-order valence-electron chi connectivity index (χ0n) is 13.9. The molecule has 1 aliphatic heterocycles. The molecule has 1 aliphatic rings. The first-order valence-corrected chi connectivity index (χ1v) is 9.47. The molecule has 6 nitrogen and oxygen atoms in total. The first-order chi connectivity index (χ1) is 10.8. The summed E-state index contributed by atoms with van der Waals surface area (Å²) in [7, 11) is -3.53. The Hall–Kier alpha value is -1.44. The van der Waals surface area contributed by atoms with Gasteiger partial charge < -0.3 is 10.2 Å². The van der Waals surface area contributed by atoms with E-state index in [1.807, 2.05) is 25.7 Å². The number of hydrogen-bond acceptors (Lipinski definition) is 4. The fourth-order valence-corrected chi connectivity index (χ4v) is 3.83. The summed E-state index contributed by atoms with van der Waals surface area (Å²) in [6.07, 6.45) is 0.719. The van der Waals surface area contributed by atoms with E-state index in [1.54, 1.807) is 12.1 Å². The zero-order valence-corrected chi connectivity index (χ0v) is 14.7. The molecule has 1 saturated heterocycles. The van der Waals surface area contributed by atoms with E-state index in [2.05, 4.69) is 10.0 Å². The molecule has 1 fully saturated rings. The number of carbonyl (C=O) groups is 1. The molecule has 0 saturated carbocycles. The topological polar surface area (TPSA) is 78.5 Å². The van der Waals surface area contributed by atoms with Gasteiger partial charge in [0.05, 0.1) is 4.90 Å². The van der Waals surface area contributed by atoms with Crippen molar-refractivity contribution in [3.8, 4) is 0 Å². The molecule has 0 aliphatic carbocycles. The molecule has 0 radical (unpaired) electrons. The van der Waals surface area contributed by atoms with Crippen molar-refractivity contribution >= 4 is 15.9 Å². The van der Waals surface area contributed by atoms with Crippen LogP contribution in [-0.2, 0) is 10.0 Å². The van der Waals surface area contributed by atoms with Crippen LogP contribution in [-0.4, -0.2) is 50.9 Å². The fourth-order valence-electron chi connectivity index (χ4n) is 2.50. The van der Waals surface area contributed by atoms with Gasteiger partial charge >= 0.3 is 0 Å². The van der Waals surface area contributed by atoms with Gasteiger partial charge in [-0.25, -0.2) is 13.1 Å². The third kappa shape index (κ3) is 4.31. The molecule has 2 rings (SSSR count). The monoisotopic (exact) mass is 339 g/mol. The Bertz CT molecular complexity index is 643. The van der Waals surface area contributed by atoms with Crippen LogP contribution >= 0.6 is 0 Å². The molecular formula is C16H25N3O3S. The van der Waals surface area contributed by atoms with Gasteiger partial charge in [-0.3, -0.25) is 4.79 Å². The summed E-state index contributed by atoms with van der Waals surface area (Å²) in [5.41, 5.74) is 0.515. The second-order valence-corrected chi connectivity index (χ2v) is 7.72. The van der Waals surface area contributed by atoms with Crippen molar-refractivity contribution in [2.45, 2.75) is 44.2 Å². The quantitative estimate of drug-likeness (QED) is 0.845. The number of amides is 1. The van der Waals surface area contributed by atoms with Crippen LogP contribution in [0.15, 0.2) is 29.2 Å². The van der Waals surface area contributed by atoms with E-state index in [0.717, 1.165) is 19.5 Å². The highest BCUT2D eigenvalue weighted by Crippen LogP contribution is 2.15. The van der Waals surface area contributed by atoms with E-state index in [0.29, 0.717) is 12.1 Å². The molecule has 1 amide bonds. The molecule has 2 atom stereocenters. The summed E-state index contributed by atoms with van der Waals surface area (Å²) in [4.78, 5) is 14.5. The lowest BCUT2D eigenvalue weighted by atomic mass is 10.1. The molecule has 1 heterocycles. The molecule has 0 bridgehead atoms. The Morgan fingerprint density at radius 3 is 2.61 bits per heavy atom. The Balaban J connectivity index is 2.14. The summed E-state index contributed by atoms with van der Waals surface area (Å²) < 4.78 is 27.1. The SMILES string of the molecule is CCC(C)NS(=O)(=O)c1ccc(C(=O)N2CCNC[C@H]2C)cc1. The van der Waals surface area contributed by atoms with Crippen molar-refractivity contribution in [1.82, 2.24) is 14.9 Å². The molecule has 1 unspecified atom stereocenters. The van der Waals surface area contributed by atoms with Gasteiger partial charge in [-0.05, 0) is 44.5 Å². The van der Waals surface area contributed by atoms with E-state index in [9.17, 15) is 13.2 Å². The number of rotatable bonds is 5. The molecule has 128 valence electrons. The van der Waals surface area contributed by atoms with E-state index >= 15 is 0 Å². The third-order valence-corrected chi connectivity index (χ3v) is 5.75. The fraction of sp³-hybridized carbons (Fsp3) is 0.562. The van der Waals surface area contributed by atoms with Crippen molar-refractivity contribution in [1.29, 1.82) is 0 Å². The van der Waals surface area contributed by atoms with Crippen molar-refractivity contribution < 1.29 is 13.2 Å². The maximum atomic E-state index is 12.5. The van der Waals surface area contributed by atoms with Crippen molar-refractivity contribution in [3.63, 3.8) is 0 Å². The van der Waals surface area contributed by atoms with Crippen molar-refractivity contribution in [2.75, 3.05) is 19.6 Å². The highest BCUT2D eigenvalue weighted by Gasteiger charge is 2.24. The molecule has 0 aromatic heterocycles. The summed E-state index contributed by atoms with van der Waals surface area (Å²) in [5.74, 6) is -0.0576. The largest absolute Gasteiger partial charge is 0.333 e. The smallest absolute Gasteiger partial charge is 0.254 e. The third-order valence-electron chi connectivity index (χ3n) is 4.14. The minimum absolute atomic E-state index is 0.0576. The number of sulfonamides is 1. The van der Waals surface area contributed by atoms with Crippen LogP contribution in [0, 0.1) is 0 Å². The van der Waals surface area contributed by atoms with Crippen LogP contribution in [0.25, 0.3) is 0 Å². The number of piperazine rings is 1. The van der Waals surface area contributed by atoms with Gasteiger partial charge in [0, 0.05) is 37.3 Å². The van der Waals surface area contributed by atoms with Gasteiger partial charge in [-0.15, -0.1) is 0 Å². The predicted octanol–water partition coefficient (Wildman–Crippen LogP) is 1.20. The van der Waals surface area contributed by atoms with Gasteiger partial charge in [-0.2, -0.15) is 0 Å². The maximum Gasteiger partial charge on any atom is 0.254 e. The molecular weight excluding hydrogens is 314 g/mol. The summed E-state index contributed by atoms with van der Waals surface area (Å²) in [6, 6.07) is 6.16. The minimum atomic E-state index is -3.53. The van der Waals surface area contributed by atoms with Crippen LogP contribution in [0.1, 0.15) is 37.6 Å². The molecule has 23 heavy (non-hydrogen) atoms. The van der Waals surface area contributed by atoms with Gasteiger partial charge in [0.2, 0.25) is 10.0 Å². The average Bonchev–Trinajstić information content (AvgIpc) is 2.54. The Labute approximate surface area is 138 Å². The van der Waals surface area contributed by atoms with E-state index < -0.39 is 10.0 Å². The average molecular weight is 339 g/mol. The second-order valence-electron chi connectivity index (χ2n) is 6.01. The second kappa shape index (κ2) is 7.42. The summed E-state index contributed by atoms with van der Waals surface area (Å²) >= 11 is 0. The minimum Gasteiger partial charge on any atom is -0.333 e. The summed E-state index contributed by atoms with van der Waals surface area (Å²) in [6.45, 7) is 7.96. The number of nitrogens with zero attached hydrogens (tertiary/aromatic N) is 1. The predicted molar refractivity (Wildman–Crippen MR) is 89.9 cm³/mol. The van der Waals surface area contributed by atoms with Crippen LogP contribution < -0.4 is 10.0 Å². The first-order valence-electron chi connectivity index (χ1n) is 7.99. The lowest BCUT2D eigenvalue weighted by Gasteiger charge is -2.34. The molecule has 0 spiro atoms. The van der Waals surface area contributed by atoms with Gasteiger partial charge in [-0.1, -0.05) is 6.92 Å². The van der Waals surface area contributed by atoms with Gasteiger partial charge in [0.1, 0.15) is 0 Å². The highest BCUT2D eigenvalue weighted by molar-refractivity contribution is 7.89. The molecule has 2 N–H and O–H groups in total. The van der Waals surface area contributed by atoms with E-state index in [1.165, 1.54) is 12.1 Å².